The molecule has 126 valence electrons. The van der Waals surface area contributed by atoms with Gasteiger partial charge in [0.15, 0.2) is 5.69 Å². The zero-order valence-corrected chi connectivity index (χ0v) is 13.9. The van der Waals surface area contributed by atoms with Gasteiger partial charge in [-0.15, -0.1) is 11.7 Å². The van der Waals surface area contributed by atoms with Gasteiger partial charge in [-0.05, 0) is 31.9 Å². The second-order valence-corrected chi connectivity index (χ2v) is 6.11. The fourth-order valence-electron chi connectivity index (χ4n) is 2.74. The molecule has 1 aromatic carbocycles. The Balaban J connectivity index is 1.98. The number of carbonyl (C=O) groups is 1. The molecule has 24 heavy (non-hydrogen) atoms. The van der Waals surface area contributed by atoms with Crippen LogP contribution in [0.4, 0.5) is 0 Å². The summed E-state index contributed by atoms with van der Waals surface area (Å²) in [6.07, 6.45) is 3.73. The van der Waals surface area contributed by atoms with Crippen LogP contribution in [0.5, 0.6) is 0 Å². The topological polar surface area (TPSA) is 71.2 Å². The number of carbonyl (C=O) groups excluding carboxylic acids is 1. The van der Waals surface area contributed by atoms with Gasteiger partial charge in [-0.2, -0.15) is 0 Å². The van der Waals surface area contributed by atoms with Gasteiger partial charge in [-0.25, -0.2) is 4.68 Å². The van der Waals surface area contributed by atoms with E-state index in [1.165, 1.54) is 5.56 Å². The zero-order valence-electron chi connectivity index (χ0n) is 13.9. The lowest BCUT2D eigenvalue weighted by Gasteiger charge is -2.19. The molecule has 1 saturated carbocycles. The van der Waals surface area contributed by atoms with E-state index in [2.05, 4.69) is 16.9 Å². The summed E-state index contributed by atoms with van der Waals surface area (Å²) in [5, 5.41) is 17.6. The van der Waals surface area contributed by atoms with Gasteiger partial charge < -0.3 is 10.0 Å². The molecule has 0 bridgehead atoms. The number of hydrogen-bond acceptors (Lipinski definition) is 4. The van der Waals surface area contributed by atoms with E-state index in [1.54, 1.807) is 15.7 Å². The first-order valence-corrected chi connectivity index (χ1v) is 8.19. The number of aromatic nitrogens is 3. The van der Waals surface area contributed by atoms with Crippen LogP contribution in [0.25, 0.3) is 5.69 Å². The van der Waals surface area contributed by atoms with Crippen molar-refractivity contribution in [1.82, 2.24) is 19.9 Å². The summed E-state index contributed by atoms with van der Waals surface area (Å²) in [5.41, 5.74) is 3.33. The van der Waals surface area contributed by atoms with E-state index in [0.717, 1.165) is 24.2 Å². The van der Waals surface area contributed by atoms with Gasteiger partial charge in [0, 0.05) is 19.0 Å². The maximum atomic E-state index is 12.8. The molecule has 0 aliphatic heterocycles. The van der Waals surface area contributed by atoms with Crippen LogP contribution in [-0.2, 0) is 0 Å². The van der Waals surface area contributed by atoms with E-state index in [-0.39, 0.29) is 19.1 Å². The second-order valence-electron chi connectivity index (χ2n) is 6.11. The van der Waals surface area contributed by atoms with Crippen molar-refractivity contribution < 1.29 is 9.90 Å². The minimum atomic E-state index is -0.204. The second kappa shape index (κ2) is 6.97. The molecule has 1 fully saturated rings. The Bertz CT molecular complexity index is 732. The van der Waals surface area contributed by atoms with E-state index in [1.807, 2.05) is 31.2 Å². The molecule has 1 N–H and O–H groups in total. The van der Waals surface area contributed by atoms with Crippen LogP contribution in [0.15, 0.2) is 36.9 Å². The summed E-state index contributed by atoms with van der Waals surface area (Å²) in [4.78, 5) is 14.4. The molecule has 3 rings (SSSR count). The first-order chi connectivity index (χ1) is 11.7. The Kier molecular flexibility index (Phi) is 4.76. The van der Waals surface area contributed by atoms with Crippen LogP contribution in [0.3, 0.4) is 0 Å². The molecule has 6 heteroatoms. The normalized spacial score (nSPS) is 13.8. The van der Waals surface area contributed by atoms with Crippen molar-refractivity contribution in [2.24, 2.45) is 0 Å². The first-order valence-electron chi connectivity index (χ1n) is 8.19. The van der Waals surface area contributed by atoms with Crippen LogP contribution in [0, 0.1) is 6.92 Å². The summed E-state index contributed by atoms with van der Waals surface area (Å²) < 4.78 is 1.77. The predicted octanol–water partition coefficient (Wildman–Crippen LogP) is 2.07. The standard InChI is InChI=1S/C18H22N4O2/c1-3-10-21(11-12-23)18(24)16-17(14-6-7-14)22(20-19-16)15-8-4-13(2)5-9-15/h3-5,8-9,14,23H,1,6-7,10-12H2,2H3. The van der Waals surface area contributed by atoms with Crippen molar-refractivity contribution in [3.05, 3.63) is 53.9 Å². The van der Waals surface area contributed by atoms with Crippen molar-refractivity contribution in [3.8, 4) is 5.69 Å². The van der Waals surface area contributed by atoms with Gasteiger partial charge >= 0.3 is 0 Å². The number of amides is 1. The molecule has 1 aliphatic rings. The monoisotopic (exact) mass is 326 g/mol. The van der Waals surface area contributed by atoms with Gasteiger partial charge in [0.25, 0.3) is 5.91 Å². The van der Waals surface area contributed by atoms with Gasteiger partial charge in [0.2, 0.25) is 0 Å². The predicted molar refractivity (Wildman–Crippen MR) is 91.3 cm³/mol. The fraction of sp³-hybridized carbons (Fsp3) is 0.389. The van der Waals surface area contributed by atoms with Gasteiger partial charge in [0.1, 0.15) is 0 Å². The molecule has 0 radical (unpaired) electrons. The number of aryl methyl sites for hydroxylation is 1. The molecule has 0 unspecified atom stereocenters. The largest absolute Gasteiger partial charge is 0.395 e. The number of hydrogen-bond donors (Lipinski definition) is 1. The highest BCUT2D eigenvalue weighted by molar-refractivity contribution is 5.93. The van der Waals surface area contributed by atoms with E-state index >= 15 is 0 Å². The smallest absolute Gasteiger partial charge is 0.276 e. The average molecular weight is 326 g/mol. The van der Waals surface area contributed by atoms with E-state index in [0.29, 0.717) is 18.2 Å². The van der Waals surface area contributed by atoms with Crippen molar-refractivity contribution in [1.29, 1.82) is 0 Å². The summed E-state index contributed by atoms with van der Waals surface area (Å²) in [6.45, 7) is 6.24. The SMILES string of the molecule is C=CCN(CCO)C(=O)c1nnn(-c2ccc(C)cc2)c1C1CC1. The molecular weight excluding hydrogens is 304 g/mol. The van der Waals surface area contributed by atoms with Crippen molar-refractivity contribution in [2.75, 3.05) is 19.7 Å². The van der Waals surface area contributed by atoms with Crippen LogP contribution >= 0.6 is 0 Å². The highest BCUT2D eigenvalue weighted by Crippen LogP contribution is 2.42. The molecule has 6 nitrogen and oxygen atoms in total. The minimum Gasteiger partial charge on any atom is -0.395 e. The number of rotatable bonds is 7. The van der Waals surface area contributed by atoms with Crippen molar-refractivity contribution >= 4 is 5.91 Å². The van der Waals surface area contributed by atoms with Crippen molar-refractivity contribution in [2.45, 2.75) is 25.7 Å². The molecule has 1 aliphatic carbocycles. The molecule has 0 atom stereocenters. The van der Waals surface area contributed by atoms with Crippen LogP contribution in [0.2, 0.25) is 0 Å². The summed E-state index contributed by atoms with van der Waals surface area (Å²) in [7, 11) is 0. The van der Waals surface area contributed by atoms with Crippen LogP contribution < -0.4 is 0 Å². The Labute approximate surface area is 141 Å². The lowest BCUT2D eigenvalue weighted by atomic mass is 10.1. The third-order valence-corrected chi connectivity index (χ3v) is 4.16. The lowest BCUT2D eigenvalue weighted by molar-refractivity contribution is 0.0735. The molecule has 1 amide bonds. The molecule has 0 saturated heterocycles. The molecule has 1 heterocycles. The Morgan fingerprint density at radius 3 is 2.71 bits per heavy atom. The Hall–Kier alpha value is -2.47. The molecular formula is C18H22N4O2. The van der Waals surface area contributed by atoms with E-state index in [9.17, 15) is 9.90 Å². The number of aliphatic hydroxyl groups is 1. The maximum absolute atomic E-state index is 12.8. The van der Waals surface area contributed by atoms with E-state index < -0.39 is 0 Å². The summed E-state index contributed by atoms with van der Waals surface area (Å²) in [6, 6.07) is 8.01. The molecule has 0 spiro atoms. The Morgan fingerprint density at radius 1 is 1.42 bits per heavy atom. The minimum absolute atomic E-state index is 0.0928. The third-order valence-electron chi connectivity index (χ3n) is 4.16. The van der Waals surface area contributed by atoms with Crippen LogP contribution in [-0.4, -0.2) is 50.6 Å². The average Bonchev–Trinajstić information content (AvgIpc) is 3.33. The van der Waals surface area contributed by atoms with Crippen molar-refractivity contribution in [3.63, 3.8) is 0 Å². The Morgan fingerprint density at radius 2 is 2.12 bits per heavy atom. The molecule has 1 aromatic heterocycles. The molecule has 2 aromatic rings. The van der Waals surface area contributed by atoms with Crippen LogP contribution in [0.1, 0.15) is 40.5 Å². The maximum Gasteiger partial charge on any atom is 0.276 e. The van der Waals surface area contributed by atoms with E-state index in [4.69, 9.17) is 0 Å². The summed E-state index contributed by atoms with van der Waals surface area (Å²) in [5.74, 6) is 0.115. The lowest BCUT2D eigenvalue weighted by Crippen LogP contribution is -2.34. The quantitative estimate of drug-likeness (QED) is 0.791. The number of aliphatic hydroxyl groups excluding tert-OH is 1. The highest BCUT2D eigenvalue weighted by Gasteiger charge is 2.35. The highest BCUT2D eigenvalue weighted by atomic mass is 16.3. The third kappa shape index (κ3) is 3.23. The van der Waals surface area contributed by atoms with Gasteiger partial charge in [0.05, 0.1) is 18.0 Å². The fourth-order valence-corrected chi connectivity index (χ4v) is 2.74. The summed E-state index contributed by atoms with van der Waals surface area (Å²) >= 11 is 0. The van der Waals surface area contributed by atoms with Gasteiger partial charge in [-0.3, -0.25) is 4.79 Å². The van der Waals surface area contributed by atoms with Gasteiger partial charge in [-0.1, -0.05) is 29.0 Å². The number of nitrogens with zero attached hydrogens (tertiary/aromatic N) is 4. The number of benzene rings is 1. The zero-order chi connectivity index (χ0) is 17.1. The first kappa shape index (κ1) is 16.4.